The number of hydrogen-bond acceptors (Lipinski definition) is 2. The number of aromatic nitrogens is 1. The first kappa shape index (κ1) is 10.6. The zero-order valence-electron chi connectivity index (χ0n) is 9.07. The molecule has 0 saturated carbocycles. The van der Waals surface area contributed by atoms with Crippen LogP contribution in [0.2, 0.25) is 0 Å². The van der Waals surface area contributed by atoms with E-state index in [9.17, 15) is 4.39 Å². The predicted octanol–water partition coefficient (Wildman–Crippen LogP) is 3.32. The molecule has 0 radical (unpaired) electrons. The van der Waals surface area contributed by atoms with Crippen LogP contribution in [0.25, 0.3) is 11.3 Å². The second kappa shape index (κ2) is 4.75. The van der Waals surface area contributed by atoms with Gasteiger partial charge in [0.2, 0.25) is 0 Å². The molecule has 0 fully saturated rings. The summed E-state index contributed by atoms with van der Waals surface area (Å²) in [5, 5.41) is 3.13. The number of rotatable bonds is 3. The lowest BCUT2D eigenvalue weighted by Crippen LogP contribution is -1.99. The second-order valence-electron chi connectivity index (χ2n) is 3.45. The van der Waals surface area contributed by atoms with Crippen LogP contribution in [0.5, 0.6) is 0 Å². The van der Waals surface area contributed by atoms with Gasteiger partial charge in [0.1, 0.15) is 11.6 Å². The molecule has 0 atom stereocenters. The van der Waals surface area contributed by atoms with Gasteiger partial charge in [0.25, 0.3) is 0 Å². The van der Waals surface area contributed by atoms with Crippen LogP contribution in [0.1, 0.15) is 6.92 Å². The summed E-state index contributed by atoms with van der Waals surface area (Å²) in [7, 11) is 0. The minimum atomic E-state index is -0.242. The van der Waals surface area contributed by atoms with Crippen molar-refractivity contribution < 1.29 is 4.39 Å². The highest BCUT2D eigenvalue weighted by molar-refractivity contribution is 5.61. The molecule has 0 aliphatic carbocycles. The second-order valence-corrected chi connectivity index (χ2v) is 3.45. The highest BCUT2D eigenvalue weighted by Crippen LogP contribution is 2.19. The number of nitrogens with zero attached hydrogens (tertiary/aromatic N) is 1. The number of nitrogens with one attached hydrogen (secondary N) is 1. The summed E-state index contributed by atoms with van der Waals surface area (Å²) in [5.74, 6) is 0.567. The maximum atomic E-state index is 13.1. The molecule has 0 bridgehead atoms. The van der Waals surface area contributed by atoms with E-state index in [4.69, 9.17) is 0 Å². The quantitative estimate of drug-likeness (QED) is 0.851. The third-order valence-electron chi connectivity index (χ3n) is 2.23. The molecule has 0 aliphatic rings. The number of anilines is 1. The van der Waals surface area contributed by atoms with Crippen LogP contribution in [-0.4, -0.2) is 11.5 Å². The van der Waals surface area contributed by atoms with Gasteiger partial charge >= 0.3 is 0 Å². The van der Waals surface area contributed by atoms with Crippen LogP contribution < -0.4 is 5.32 Å². The van der Waals surface area contributed by atoms with E-state index in [1.165, 1.54) is 12.1 Å². The van der Waals surface area contributed by atoms with Crippen LogP contribution in [0, 0.1) is 5.82 Å². The molecule has 0 spiro atoms. The topological polar surface area (TPSA) is 24.9 Å². The molecule has 1 N–H and O–H groups in total. The van der Waals surface area contributed by atoms with Gasteiger partial charge in [-0.15, -0.1) is 0 Å². The Hall–Kier alpha value is -1.90. The summed E-state index contributed by atoms with van der Waals surface area (Å²) in [4.78, 5) is 4.40. The molecular formula is C13H13FN2. The van der Waals surface area contributed by atoms with Crippen LogP contribution >= 0.6 is 0 Å². The van der Waals surface area contributed by atoms with Crippen LogP contribution in [0.4, 0.5) is 10.2 Å². The molecule has 2 aromatic rings. The molecule has 2 rings (SSSR count). The molecule has 0 unspecified atom stereocenters. The van der Waals surface area contributed by atoms with Crippen molar-refractivity contribution in [3.8, 4) is 11.3 Å². The van der Waals surface area contributed by atoms with Crippen molar-refractivity contribution in [2.24, 2.45) is 0 Å². The number of benzene rings is 1. The van der Waals surface area contributed by atoms with Gasteiger partial charge in [-0.05, 0) is 31.2 Å². The Morgan fingerprint density at radius 3 is 2.75 bits per heavy atom. The lowest BCUT2D eigenvalue weighted by Gasteiger charge is -2.05. The maximum Gasteiger partial charge on any atom is 0.126 e. The third kappa shape index (κ3) is 2.37. The number of pyridine rings is 1. The lowest BCUT2D eigenvalue weighted by atomic mass is 10.1. The van der Waals surface area contributed by atoms with E-state index < -0.39 is 0 Å². The average Bonchev–Trinajstić information content (AvgIpc) is 2.30. The van der Waals surface area contributed by atoms with E-state index in [0.717, 1.165) is 23.6 Å². The van der Waals surface area contributed by atoms with Crippen molar-refractivity contribution in [1.82, 2.24) is 4.98 Å². The van der Waals surface area contributed by atoms with Crippen molar-refractivity contribution in [2.45, 2.75) is 6.92 Å². The number of halogens is 1. The largest absolute Gasteiger partial charge is 0.370 e. The van der Waals surface area contributed by atoms with E-state index in [1.807, 2.05) is 31.2 Å². The van der Waals surface area contributed by atoms with Crippen molar-refractivity contribution >= 4 is 5.82 Å². The zero-order chi connectivity index (χ0) is 11.4. The van der Waals surface area contributed by atoms with Crippen molar-refractivity contribution in [3.63, 3.8) is 0 Å². The molecule has 82 valence electrons. The van der Waals surface area contributed by atoms with Crippen molar-refractivity contribution in [1.29, 1.82) is 0 Å². The molecule has 1 aromatic carbocycles. The third-order valence-corrected chi connectivity index (χ3v) is 2.23. The molecule has 3 heteroatoms. The molecule has 0 saturated heterocycles. The Morgan fingerprint density at radius 2 is 2.00 bits per heavy atom. The SMILES string of the molecule is CCNc1cccc(-c2cccc(F)c2)n1. The smallest absolute Gasteiger partial charge is 0.126 e. The summed E-state index contributed by atoms with van der Waals surface area (Å²) < 4.78 is 13.1. The van der Waals surface area contributed by atoms with Gasteiger partial charge in [-0.3, -0.25) is 0 Å². The Labute approximate surface area is 94.2 Å². The van der Waals surface area contributed by atoms with Gasteiger partial charge in [-0.2, -0.15) is 0 Å². The first-order chi connectivity index (χ1) is 7.79. The molecule has 16 heavy (non-hydrogen) atoms. The lowest BCUT2D eigenvalue weighted by molar-refractivity contribution is 0.628. The molecule has 1 heterocycles. The summed E-state index contributed by atoms with van der Waals surface area (Å²) in [6.45, 7) is 2.83. The van der Waals surface area contributed by atoms with Gasteiger partial charge in [-0.1, -0.05) is 18.2 Å². The monoisotopic (exact) mass is 216 g/mol. The van der Waals surface area contributed by atoms with E-state index in [1.54, 1.807) is 6.07 Å². The van der Waals surface area contributed by atoms with E-state index in [2.05, 4.69) is 10.3 Å². The Bertz CT molecular complexity index is 483. The van der Waals surface area contributed by atoms with Gasteiger partial charge in [0.15, 0.2) is 0 Å². The molecule has 0 amide bonds. The maximum absolute atomic E-state index is 13.1. The predicted molar refractivity (Wildman–Crippen MR) is 63.8 cm³/mol. The molecule has 0 aliphatic heterocycles. The zero-order valence-corrected chi connectivity index (χ0v) is 9.07. The molecule has 1 aromatic heterocycles. The van der Waals surface area contributed by atoms with Crippen LogP contribution in [0.3, 0.4) is 0 Å². The fourth-order valence-electron chi connectivity index (χ4n) is 1.52. The molecule has 2 nitrogen and oxygen atoms in total. The summed E-state index contributed by atoms with van der Waals surface area (Å²) >= 11 is 0. The molecular weight excluding hydrogens is 203 g/mol. The first-order valence-corrected chi connectivity index (χ1v) is 5.26. The van der Waals surface area contributed by atoms with E-state index in [0.29, 0.717) is 0 Å². The Balaban J connectivity index is 2.36. The summed E-state index contributed by atoms with van der Waals surface area (Å²) in [6.07, 6.45) is 0. The van der Waals surface area contributed by atoms with E-state index >= 15 is 0 Å². The van der Waals surface area contributed by atoms with Crippen molar-refractivity contribution in [2.75, 3.05) is 11.9 Å². The van der Waals surface area contributed by atoms with Crippen LogP contribution in [0.15, 0.2) is 42.5 Å². The van der Waals surface area contributed by atoms with E-state index in [-0.39, 0.29) is 5.82 Å². The Morgan fingerprint density at radius 1 is 1.19 bits per heavy atom. The fraction of sp³-hybridized carbons (Fsp3) is 0.154. The van der Waals surface area contributed by atoms with Crippen molar-refractivity contribution in [3.05, 3.63) is 48.3 Å². The first-order valence-electron chi connectivity index (χ1n) is 5.26. The Kier molecular flexibility index (Phi) is 3.15. The van der Waals surface area contributed by atoms with Gasteiger partial charge in [0.05, 0.1) is 5.69 Å². The summed E-state index contributed by atoms with van der Waals surface area (Å²) in [5.41, 5.74) is 1.57. The normalized spacial score (nSPS) is 10.1. The minimum Gasteiger partial charge on any atom is -0.370 e. The standard InChI is InChI=1S/C13H13FN2/c1-2-15-13-8-4-7-12(16-13)10-5-3-6-11(14)9-10/h3-9H,2H2,1H3,(H,15,16). The van der Waals surface area contributed by atoms with Gasteiger partial charge in [-0.25, -0.2) is 9.37 Å². The summed E-state index contributed by atoms with van der Waals surface area (Å²) in [6, 6.07) is 12.1. The average molecular weight is 216 g/mol. The fourth-order valence-corrected chi connectivity index (χ4v) is 1.52. The van der Waals surface area contributed by atoms with Crippen LogP contribution in [-0.2, 0) is 0 Å². The number of hydrogen-bond donors (Lipinski definition) is 1. The minimum absolute atomic E-state index is 0.242. The highest BCUT2D eigenvalue weighted by Gasteiger charge is 2.01. The highest BCUT2D eigenvalue weighted by atomic mass is 19.1. The van der Waals surface area contributed by atoms with Gasteiger partial charge in [0, 0.05) is 12.1 Å². The van der Waals surface area contributed by atoms with Gasteiger partial charge < -0.3 is 5.32 Å².